The lowest BCUT2D eigenvalue weighted by Crippen LogP contribution is -2.10. The number of ketones is 1. The highest BCUT2D eigenvalue weighted by molar-refractivity contribution is 6.09. The third-order valence-corrected chi connectivity index (χ3v) is 3.11. The molecule has 0 amide bonds. The van der Waals surface area contributed by atoms with Crippen molar-refractivity contribution >= 4 is 5.78 Å². The Morgan fingerprint density at radius 3 is 2.63 bits per heavy atom. The Labute approximate surface area is 112 Å². The van der Waals surface area contributed by atoms with Gasteiger partial charge in [0.15, 0.2) is 5.78 Å². The molecule has 0 saturated heterocycles. The summed E-state index contributed by atoms with van der Waals surface area (Å²) < 4.78 is 13.5. The van der Waals surface area contributed by atoms with Crippen molar-refractivity contribution in [1.29, 1.82) is 0 Å². The molecule has 2 rings (SSSR count). The van der Waals surface area contributed by atoms with E-state index in [2.05, 4.69) is 0 Å². The first-order valence-electron chi connectivity index (χ1n) is 6.22. The maximum absolute atomic E-state index is 13.5. The molecule has 2 nitrogen and oxygen atoms in total. The summed E-state index contributed by atoms with van der Waals surface area (Å²) in [5, 5.41) is 0. The number of carbonyl (C=O) groups excluding carboxylic acids is 1. The summed E-state index contributed by atoms with van der Waals surface area (Å²) in [5.41, 5.74) is 7.94. The van der Waals surface area contributed by atoms with E-state index in [1.807, 2.05) is 12.1 Å². The van der Waals surface area contributed by atoms with E-state index in [1.54, 1.807) is 31.2 Å². The summed E-state index contributed by atoms with van der Waals surface area (Å²) in [5.74, 6) is -0.523. The molecule has 0 spiro atoms. The van der Waals surface area contributed by atoms with Crippen LogP contribution in [0.2, 0.25) is 0 Å². The maximum atomic E-state index is 13.5. The predicted octanol–water partition coefficient (Wildman–Crippen LogP) is 2.87. The minimum Gasteiger partial charge on any atom is -0.330 e. The first-order valence-corrected chi connectivity index (χ1v) is 6.22. The third kappa shape index (κ3) is 2.88. The van der Waals surface area contributed by atoms with Crippen molar-refractivity contribution < 1.29 is 9.18 Å². The van der Waals surface area contributed by atoms with Crippen LogP contribution in [0, 0.1) is 12.7 Å². The van der Waals surface area contributed by atoms with E-state index in [1.165, 1.54) is 6.07 Å². The van der Waals surface area contributed by atoms with Crippen molar-refractivity contribution in [3.8, 4) is 0 Å². The number of rotatable bonds is 4. The molecule has 0 radical (unpaired) electrons. The van der Waals surface area contributed by atoms with Crippen molar-refractivity contribution in [2.24, 2.45) is 5.73 Å². The molecule has 0 heterocycles. The van der Waals surface area contributed by atoms with Crippen molar-refractivity contribution in [2.45, 2.75) is 13.3 Å². The SMILES string of the molecule is Cc1ccc(C(=O)c2ccccc2CCN)cc1F. The fraction of sp³-hybridized carbons (Fsp3) is 0.188. The average molecular weight is 257 g/mol. The maximum Gasteiger partial charge on any atom is 0.193 e. The number of halogens is 1. The van der Waals surface area contributed by atoms with Crippen LogP contribution in [0.3, 0.4) is 0 Å². The summed E-state index contributed by atoms with van der Waals surface area (Å²) in [4.78, 5) is 12.4. The van der Waals surface area contributed by atoms with Gasteiger partial charge in [-0.1, -0.05) is 36.4 Å². The zero-order valence-electron chi connectivity index (χ0n) is 10.8. The Morgan fingerprint density at radius 2 is 1.95 bits per heavy atom. The van der Waals surface area contributed by atoms with Gasteiger partial charge in [-0.05, 0) is 37.1 Å². The molecular formula is C16H16FNO. The van der Waals surface area contributed by atoms with Crippen LogP contribution in [0.4, 0.5) is 4.39 Å². The predicted molar refractivity (Wildman–Crippen MR) is 73.8 cm³/mol. The first kappa shape index (κ1) is 13.4. The van der Waals surface area contributed by atoms with E-state index >= 15 is 0 Å². The minimum absolute atomic E-state index is 0.164. The lowest BCUT2D eigenvalue weighted by Gasteiger charge is -2.08. The second kappa shape index (κ2) is 5.76. The van der Waals surface area contributed by atoms with Crippen molar-refractivity contribution in [2.75, 3.05) is 6.54 Å². The molecule has 98 valence electrons. The molecule has 0 aliphatic heterocycles. The van der Waals surface area contributed by atoms with Gasteiger partial charge in [-0.3, -0.25) is 4.79 Å². The molecule has 2 N–H and O–H groups in total. The molecule has 0 atom stereocenters. The molecule has 0 bridgehead atoms. The van der Waals surface area contributed by atoms with Crippen molar-refractivity contribution in [3.63, 3.8) is 0 Å². The summed E-state index contributed by atoms with van der Waals surface area (Å²) in [6.07, 6.45) is 0.635. The van der Waals surface area contributed by atoms with Crippen LogP contribution in [0.1, 0.15) is 27.0 Å². The molecular weight excluding hydrogens is 241 g/mol. The van der Waals surface area contributed by atoms with Gasteiger partial charge in [0, 0.05) is 11.1 Å². The van der Waals surface area contributed by atoms with Crippen LogP contribution < -0.4 is 5.73 Å². The Morgan fingerprint density at radius 1 is 1.21 bits per heavy atom. The smallest absolute Gasteiger partial charge is 0.193 e. The summed E-state index contributed by atoms with van der Waals surface area (Å²) in [7, 11) is 0. The quantitative estimate of drug-likeness (QED) is 0.856. The van der Waals surface area contributed by atoms with E-state index in [0.29, 0.717) is 29.7 Å². The van der Waals surface area contributed by atoms with E-state index in [-0.39, 0.29) is 11.6 Å². The van der Waals surface area contributed by atoms with Gasteiger partial charge in [0.05, 0.1) is 0 Å². The van der Waals surface area contributed by atoms with E-state index < -0.39 is 0 Å². The zero-order valence-corrected chi connectivity index (χ0v) is 10.8. The molecule has 2 aromatic rings. The molecule has 3 heteroatoms. The number of nitrogens with two attached hydrogens (primary N) is 1. The van der Waals surface area contributed by atoms with Crippen molar-refractivity contribution in [3.05, 3.63) is 70.5 Å². The molecule has 2 aromatic carbocycles. The Bertz CT molecular complexity index is 607. The third-order valence-electron chi connectivity index (χ3n) is 3.11. The lowest BCUT2D eigenvalue weighted by molar-refractivity contribution is 0.103. The molecule has 19 heavy (non-hydrogen) atoms. The van der Waals surface area contributed by atoms with E-state index in [0.717, 1.165) is 5.56 Å². The summed E-state index contributed by atoms with van der Waals surface area (Å²) >= 11 is 0. The zero-order chi connectivity index (χ0) is 13.8. The summed E-state index contributed by atoms with van der Waals surface area (Å²) in [6.45, 7) is 2.15. The molecule has 0 aliphatic carbocycles. The minimum atomic E-state index is -0.359. The average Bonchev–Trinajstić information content (AvgIpc) is 2.42. The van der Waals surface area contributed by atoms with Gasteiger partial charge < -0.3 is 5.73 Å². The number of hydrogen-bond donors (Lipinski definition) is 1. The molecule has 0 unspecified atom stereocenters. The normalized spacial score (nSPS) is 10.5. The van der Waals surface area contributed by atoms with Crippen LogP contribution in [0.25, 0.3) is 0 Å². The number of hydrogen-bond acceptors (Lipinski definition) is 2. The van der Waals surface area contributed by atoms with Crippen LogP contribution in [-0.4, -0.2) is 12.3 Å². The fourth-order valence-corrected chi connectivity index (χ4v) is 2.00. The topological polar surface area (TPSA) is 43.1 Å². The second-order valence-electron chi connectivity index (χ2n) is 4.49. The fourth-order valence-electron chi connectivity index (χ4n) is 2.00. The van der Waals surface area contributed by atoms with E-state index in [9.17, 15) is 9.18 Å². The molecule has 0 saturated carbocycles. The molecule has 0 fully saturated rings. The largest absolute Gasteiger partial charge is 0.330 e. The van der Waals surface area contributed by atoms with Gasteiger partial charge in [-0.15, -0.1) is 0 Å². The van der Waals surface area contributed by atoms with Crippen LogP contribution in [0.5, 0.6) is 0 Å². The monoisotopic (exact) mass is 257 g/mol. The Balaban J connectivity index is 2.41. The van der Waals surface area contributed by atoms with Crippen molar-refractivity contribution in [1.82, 2.24) is 0 Å². The highest BCUT2D eigenvalue weighted by Gasteiger charge is 2.14. The highest BCUT2D eigenvalue weighted by Crippen LogP contribution is 2.17. The number of carbonyl (C=O) groups is 1. The lowest BCUT2D eigenvalue weighted by atomic mass is 9.96. The number of benzene rings is 2. The van der Waals surface area contributed by atoms with Gasteiger partial charge in [0.2, 0.25) is 0 Å². The van der Waals surface area contributed by atoms with Gasteiger partial charge in [-0.25, -0.2) is 4.39 Å². The highest BCUT2D eigenvalue weighted by atomic mass is 19.1. The first-order chi connectivity index (χ1) is 9.13. The van der Waals surface area contributed by atoms with Crippen LogP contribution >= 0.6 is 0 Å². The summed E-state index contributed by atoms with van der Waals surface area (Å²) in [6, 6.07) is 11.9. The van der Waals surface area contributed by atoms with E-state index in [4.69, 9.17) is 5.73 Å². The van der Waals surface area contributed by atoms with Crippen LogP contribution in [-0.2, 0) is 6.42 Å². The van der Waals surface area contributed by atoms with Gasteiger partial charge in [-0.2, -0.15) is 0 Å². The second-order valence-corrected chi connectivity index (χ2v) is 4.49. The Hall–Kier alpha value is -2.00. The number of aryl methyl sites for hydroxylation is 1. The molecule has 0 aromatic heterocycles. The standard InChI is InChI=1S/C16H16FNO/c1-11-6-7-13(10-15(11)17)16(19)14-5-3-2-4-12(14)8-9-18/h2-7,10H,8-9,18H2,1H3. The van der Waals surface area contributed by atoms with Crippen LogP contribution in [0.15, 0.2) is 42.5 Å². The molecule has 0 aliphatic rings. The van der Waals surface area contributed by atoms with Gasteiger partial charge in [0.25, 0.3) is 0 Å². The Kier molecular flexibility index (Phi) is 4.07. The van der Waals surface area contributed by atoms with Gasteiger partial charge >= 0.3 is 0 Å². The van der Waals surface area contributed by atoms with Gasteiger partial charge in [0.1, 0.15) is 5.82 Å².